The highest BCUT2D eigenvalue weighted by Gasteiger charge is 2.15. The topological polar surface area (TPSA) is 58.4 Å². The van der Waals surface area contributed by atoms with Crippen LogP contribution in [0.25, 0.3) is 0 Å². The van der Waals surface area contributed by atoms with E-state index in [0.29, 0.717) is 11.3 Å². The van der Waals surface area contributed by atoms with Gasteiger partial charge in [0.15, 0.2) is 0 Å². The van der Waals surface area contributed by atoms with E-state index in [1.54, 1.807) is 25.1 Å². The first-order chi connectivity index (χ1) is 9.08. The molecule has 0 aromatic heterocycles. The lowest BCUT2D eigenvalue weighted by Crippen LogP contribution is -2.22. The Morgan fingerprint density at radius 2 is 2.05 bits per heavy atom. The molecule has 19 heavy (non-hydrogen) atoms. The molecular formula is C15H23N3O. The minimum atomic E-state index is -0.0194. The standard InChI is InChI=1S/C15H23N3O/c1-18(2)15(19)12-7-8-14(13(16)9-12)17-10-11-5-3-4-6-11/h7-9,11,17H,3-6,10,16H2,1-2H3. The Morgan fingerprint density at radius 3 is 2.63 bits per heavy atom. The van der Waals surface area contributed by atoms with Crippen LogP contribution in [0.3, 0.4) is 0 Å². The molecule has 0 heterocycles. The zero-order valence-corrected chi connectivity index (χ0v) is 11.8. The molecule has 0 aliphatic heterocycles. The van der Waals surface area contributed by atoms with Gasteiger partial charge >= 0.3 is 0 Å². The number of carbonyl (C=O) groups excluding carboxylic acids is 1. The van der Waals surface area contributed by atoms with Crippen molar-refractivity contribution in [1.82, 2.24) is 4.90 Å². The first-order valence-corrected chi connectivity index (χ1v) is 6.93. The van der Waals surface area contributed by atoms with Crippen molar-refractivity contribution in [2.24, 2.45) is 5.92 Å². The lowest BCUT2D eigenvalue weighted by Gasteiger charge is -2.15. The van der Waals surface area contributed by atoms with Gasteiger partial charge in [0.25, 0.3) is 5.91 Å². The van der Waals surface area contributed by atoms with Crippen molar-refractivity contribution in [3.63, 3.8) is 0 Å². The number of hydrogen-bond acceptors (Lipinski definition) is 3. The van der Waals surface area contributed by atoms with Gasteiger partial charge in [0.05, 0.1) is 11.4 Å². The third-order valence-corrected chi connectivity index (χ3v) is 3.76. The maximum Gasteiger partial charge on any atom is 0.253 e. The summed E-state index contributed by atoms with van der Waals surface area (Å²) in [6, 6.07) is 5.48. The summed E-state index contributed by atoms with van der Waals surface area (Å²) in [6.07, 6.45) is 5.31. The number of nitrogen functional groups attached to an aromatic ring is 1. The van der Waals surface area contributed by atoms with Crippen molar-refractivity contribution in [2.75, 3.05) is 31.7 Å². The number of nitrogens with two attached hydrogens (primary N) is 1. The van der Waals surface area contributed by atoms with E-state index in [0.717, 1.165) is 18.2 Å². The van der Waals surface area contributed by atoms with E-state index in [1.807, 2.05) is 12.1 Å². The van der Waals surface area contributed by atoms with Crippen LogP contribution in [0.15, 0.2) is 18.2 Å². The molecule has 4 heteroatoms. The van der Waals surface area contributed by atoms with Crippen molar-refractivity contribution in [3.05, 3.63) is 23.8 Å². The molecule has 0 radical (unpaired) electrons. The fourth-order valence-corrected chi connectivity index (χ4v) is 2.58. The van der Waals surface area contributed by atoms with Crippen LogP contribution in [0.1, 0.15) is 36.0 Å². The molecule has 0 saturated heterocycles. The molecule has 0 atom stereocenters. The Bertz CT molecular complexity index is 451. The second-order valence-electron chi connectivity index (χ2n) is 5.53. The molecule has 0 unspecified atom stereocenters. The number of rotatable bonds is 4. The first kappa shape index (κ1) is 13.7. The fraction of sp³-hybridized carbons (Fsp3) is 0.533. The molecule has 1 fully saturated rings. The van der Waals surface area contributed by atoms with Crippen molar-refractivity contribution in [1.29, 1.82) is 0 Å². The predicted octanol–water partition coefficient (Wildman–Crippen LogP) is 2.57. The van der Waals surface area contributed by atoms with Crippen LogP contribution < -0.4 is 11.1 Å². The lowest BCUT2D eigenvalue weighted by atomic mass is 10.1. The zero-order valence-electron chi connectivity index (χ0n) is 11.8. The molecular weight excluding hydrogens is 238 g/mol. The van der Waals surface area contributed by atoms with Crippen molar-refractivity contribution < 1.29 is 4.79 Å². The van der Waals surface area contributed by atoms with Crippen LogP contribution in [-0.4, -0.2) is 31.4 Å². The Balaban J connectivity index is 2.00. The summed E-state index contributed by atoms with van der Waals surface area (Å²) in [5.41, 5.74) is 8.22. The highest BCUT2D eigenvalue weighted by molar-refractivity contribution is 5.95. The third kappa shape index (κ3) is 3.40. The van der Waals surface area contributed by atoms with Gasteiger partial charge in [0, 0.05) is 26.2 Å². The molecule has 0 bridgehead atoms. The van der Waals surface area contributed by atoms with Gasteiger partial charge in [-0.2, -0.15) is 0 Å². The summed E-state index contributed by atoms with van der Waals surface area (Å²) >= 11 is 0. The van der Waals surface area contributed by atoms with E-state index >= 15 is 0 Å². The average molecular weight is 261 g/mol. The zero-order chi connectivity index (χ0) is 13.8. The SMILES string of the molecule is CN(C)C(=O)c1ccc(NCC2CCCC2)c(N)c1. The Morgan fingerprint density at radius 1 is 1.37 bits per heavy atom. The minimum Gasteiger partial charge on any atom is -0.397 e. The molecule has 1 aromatic rings. The van der Waals surface area contributed by atoms with E-state index in [2.05, 4.69) is 5.32 Å². The molecule has 104 valence electrons. The summed E-state index contributed by atoms with van der Waals surface area (Å²) < 4.78 is 0. The summed E-state index contributed by atoms with van der Waals surface area (Å²) in [4.78, 5) is 13.4. The highest BCUT2D eigenvalue weighted by atomic mass is 16.2. The second kappa shape index (κ2) is 5.95. The summed E-state index contributed by atoms with van der Waals surface area (Å²) in [7, 11) is 3.48. The molecule has 1 aliphatic rings. The van der Waals surface area contributed by atoms with Crippen LogP contribution >= 0.6 is 0 Å². The summed E-state index contributed by atoms with van der Waals surface area (Å²) in [6.45, 7) is 0.977. The van der Waals surface area contributed by atoms with Crippen LogP contribution in [0.4, 0.5) is 11.4 Å². The number of carbonyl (C=O) groups is 1. The van der Waals surface area contributed by atoms with Crippen molar-refractivity contribution >= 4 is 17.3 Å². The number of anilines is 2. The molecule has 1 aliphatic carbocycles. The second-order valence-corrected chi connectivity index (χ2v) is 5.53. The van der Waals surface area contributed by atoms with Gasteiger partial charge in [-0.05, 0) is 37.0 Å². The van der Waals surface area contributed by atoms with Crippen LogP contribution in [0.5, 0.6) is 0 Å². The lowest BCUT2D eigenvalue weighted by molar-refractivity contribution is 0.0827. The van der Waals surface area contributed by atoms with Gasteiger partial charge in [-0.1, -0.05) is 12.8 Å². The van der Waals surface area contributed by atoms with Crippen molar-refractivity contribution in [3.8, 4) is 0 Å². The molecule has 1 aromatic carbocycles. The van der Waals surface area contributed by atoms with Crippen LogP contribution in [-0.2, 0) is 0 Å². The van der Waals surface area contributed by atoms with E-state index in [4.69, 9.17) is 5.73 Å². The first-order valence-electron chi connectivity index (χ1n) is 6.93. The quantitative estimate of drug-likeness (QED) is 0.819. The van der Waals surface area contributed by atoms with E-state index in [9.17, 15) is 4.79 Å². The molecule has 4 nitrogen and oxygen atoms in total. The van der Waals surface area contributed by atoms with Crippen molar-refractivity contribution in [2.45, 2.75) is 25.7 Å². The van der Waals surface area contributed by atoms with Crippen LogP contribution in [0.2, 0.25) is 0 Å². The number of nitrogens with one attached hydrogen (secondary N) is 1. The number of nitrogens with zero attached hydrogens (tertiary/aromatic N) is 1. The molecule has 3 N–H and O–H groups in total. The Hall–Kier alpha value is -1.71. The number of benzene rings is 1. The normalized spacial score (nSPS) is 15.5. The molecule has 1 saturated carbocycles. The minimum absolute atomic E-state index is 0.0194. The van der Waals surface area contributed by atoms with Gasteiger partial charge in [0.2, 0.25) is 0 Å². The molecule has 1 amide bonds. The largest absolute Gasteiger partial charge is 0.397 e. The van der Waals surface area contributed by atoms with Gasteiger partial charge in [-0.15, -0.1) is 0 Å². The maximum atomic E-state index is 11.8. The fourth-order valence-electron chi connectivity index (χ4n) is 2.58. The molecule has 0 spiro atoms. The monoisotopic (exact) mass is 261 g/mol. The average Bonchev–Trinajstić information content (AvgIpc) is 2.89. The highest BCUT2D eigenvalue weighted by Crippen LogP contribution is 2.26. The van der Waals surface area contributed by atoms with E-state index in [-0.39, 0.29) is 5.91 Å². The Labute approximate surface area is 115 Å². The van der Waals surface area contributed by atoms with Gasteiger partial charge in [-0.3, -0.25) is 4.79 Å². The van der Waals surface area contributed by atoms with Crippen LogP contribution in [0, 0.1) is 5.92 Å². The summed E-state index contributed by atoms with van der Waals surface area (Å²) in [5.74, 6) is 0.747. The molecule has 2 rings (SSSR count). The predicted molar refractivity (Wildman–Crippen MR) is 79.3 cm³/mol. The van der Waals surface area contributed by atoms with E-state index in [1.165, 1.54) is 25.7 Å². The Kier molecular flexibility index (Phi) is 4.30. The number of amides is 1. The van der Waals surface area contributed by atoms with E-state index < -0.39 is 0 Å². The van der Waals surface area contributed by atoms with Gasteiger partial charge in [0.1, 0.15) is 0 Å². The smallest absolute Gasteiger partial charge is 0.253 e. The third-order valence-electron chi connectivity index (χ3n) is 3.76. The van der Waals surface area contributed by atoms with Gasteiger partial charge < -0.3 is 16.0 Å². The summed E-state index contributed by atoms with van der Waals surface area (Å²) in [5, 5.41) is 3.40. The maximum absolute atomic E-state index is 11.8. The number of hydrogen-bond donors (Lipinski definition) is 2. The van der Waals surface area contributed by atoms with Gasteiger partial charge in [-0.25, -0.2) is 0 Å².